The van der Waals surface area contributed by atoms with Crippen LogP contribution in [-0.4, -0.2) is 27.6 Å². The number of amides is 2. The van der Waals surface area contributed by atoms with Crippen LogP contribution in [0.1, 0.15) is 51.6 Å². The van der Waals surface area contributed by atoms with Crippen LogP contribution >= 0.6 is 0 Å². The molecular weight excluding hydrogens is 478 g/mol. The lowest BCUT2D eigenvalue weighted by Crippen LogP contribution is -2.48. The summed E-state index contributed by atoms with van der Waals surface area (Å²) >= 11 is 0. The molecule has 2 N–H and O–H groups in total. The van der Waals surface area contributed by atoms with Gasteiger partial charge >= 0.3 is 0 Å². The second-order valence-corrected chi connectivity index (χ2v) is 9.84. The quantitative estimate of drug-likeness (QED) is 0.300. The third kappa shape index (κ3) is 4.89. The second-order valence-electron chi connectivity index (χ2n) is 9.84. The number of anilines is 1. The fourth-order valence-electron chi connectivity index (χ4n) is 5.45. The maximum Gasteiger partial charge on any atom is 0.270 e. The highest BCUT2D eigenvalue weighted by atomic mass is 16.5. The molecule has 2 atom stereocenters. The predicted molar refractivity (Wildman–Crippen MR) is 146 cm³/mol. The number of benzene rings is 2. The molecule has 1 unspecified atom stereocenters. The number of hydrogen-bond donors (Lipinski definition) is 2. The van der Waals surface area contributed by atoms with E-state index in [-0.39, 0.29) is 17.7 Å². The van der Waals surface area contributed by atoms with Gasteiger partial charge in [-0.05, 0) is 66.6 Å². The van der Waals surface area contributed by atoms with Crippen LogP contribution in [0.2, 0.25) is 0 Å². The Bertz CT molecular complexity index is 1490. The number of carbonyl (C=O) groups excluding carboxylic acids is 2. The number of aromatic nitrogens is 3. The Labute approximate surface area is 221 Å². The summed E-state index contributed by atoms with van der Waals surface area (Å²) in [7, 11) is 1.70. The molecule has 5 rings (SSSR count). The molecule has 2 aromatic heterocycles. The van der Waals surface area contributed by atoms with Gasteiger partial charge in [-0.25, -0.2) is 0 Å². The van der Waals surface area contributed by atoms with Crippen molar-refractivity contribution >= 4 is 17.5 Å². The van der Waals surface area contributed by atoms with Crippen LogP contribution in [0.3, 0.4) is 0 Å². The SMILES string of the molecule is Cc1cc[n+]([O-])c(C)c1-c1ccc(NC(=O)C(NC(=O)c2ccnn2C)[C@H]2CCCc3ccccc32)cc1. The van der Waals surface area contributed by atoms with Gasteiger partial charge in [-0.15, -0.1) is 0 Å². The van der Waals surface area contributed by atoms with Gasteiger partial charge in [0, 0.05) is 37.8 Å². The van der Waals surface area contributed by atoms with Crippen molar-refractivity contribution < 1.29 is 14.3 Å². The van der Waals surface area contributed by atoms with Gasteiger partial charge in [0.25, 0.3) is 5.91 Å². The normalized spacial score (nSPS) is 15.4. The monoisotopic (exact) mass is 509 g/mol. The summed E-state index contributed by atoms with van der Waals surface area (Å²) in [5.74, 6) is -0.775. The van der Waals surface area contributed by atoms with Crippen LogP contribution in [0.4, 0.5) is 5.69 Å². The third-order valence-corrected chi connectivity index (χ3v) is 7.43. The van der Waals surface area contributed by atoms with Crippen LogP contribution in [0.15, 0.2) is 73.1 Å². The van der Waals surface area contributed by atoms with Crippen molar-refractivity contribution in [1.29, 1.82) is 0 Å². The second kappa shape index (κ2) is 10.5. The molecule has 0 saturated carbocycles. The van der Waals surface area contributed by atoms with Crippen LogP contribution < -0.4 is 15.4 Å². The zero-order chi connectivity index (χ0) is 26.8. The molecule has 38 heavy (non-hydrogen) atoms. The Morgan fingerprint density at radius 1 is 1.08 bits per heavy atom. The molecule has 0 spiro atoms. The minimum atomic E-state index is -0.767. The average Bonchev–Trinajstić information content (AvgIpc) is 3.36. The van der Waals surface area contributed by atoms with E-state index in [4.69, 9.17) is 0 Å². The zero-order valence-electron chi connectivity index (χ0n) is 21.8. The van der Waals surface area contributed by atoms with E-state index >= 15 is 0 Å². The summed E-state index contributed by atoms with van der Waals surface area (Å²) in [5.41, 5.74) is 6.71. The Kier molecular flexibility index (Phi) is 6.96. The first-order valence-electron chi connectivity index (χ1n) is 12.8. The Morgan fingerprint density at radius 2 is 1.84 bits per heavy atom. The van der Waals surface area contributed by atoms with E-state index in [0.717, 1.165) is 46.2 Å². The van der Waals surface area contributed by atoms with Crippen LogP contribution in [0, 0.1) is 19.1 Å². The molecule has 0 radical (unpaired) electrons. The van der Waals surface area contributed by atoms with Gasteiger partial charge in [0.15, 0.2) is 11.9 Å². The van der Waals surface area contributed by atoms with Crippen molar-refractivity contribution in [2.45, 2.75) is 45.1 Å². The van der Waals surface area contributed by atoms with Crippen LogP contribution in [0.5, 0.6) is 0 Å². The minimum absolute atomic E-state index is 0.154. The van der Waals surface area contributed by atoms with Gasteiger partial charge in [0.2, 0.25) is 5.91 Å². The van der Waals surface area contributed by atoms with Gasteiger partial charge in [-0.1, -0.05) is 36.4 Å². The van der Waals surface area contributed by atoms with Gasteiger partial charge < -0.3 is 15.8 Å². The highest BCUT2D eigenvalue weighted by Gasteiger charge is 2.34. The number of hydrogen-bond acceptors (Lipinski definition) is 4. The number of rotatable bonds is 6. The molecule has 0 aliphatic heterocycles. The number of nitrogens with zero attached hydrogens (tertiary/aromatic N) is 3. The molecule has 8 heteroatoms. The highest BCUT2D eigenvalue weighted by molar-refractivity contribution is 6.01. The summed E-state index contributed by atoms with van der Waals surface area (Å²) in [4.78, 5) is 26.9. The maximum atomic E-state index is 13.7. The first kappa shape index (κ1) is 25.2. The van der Waals surface area contributed by atoms with E-state index in [1.165, 1.54) is 16.4 Å². The lowest BCUT2D eigenvalue weighted by molar-refractivity contribution is -0.611. The minimum Gasteiger partial charge on any atom is -0.618 e. The van der Waals surface area contributed by atoms with Crippen molar-refractivity contribution in [3.8, 4) is 11.1 Å². The van der Waals surface area contributed by atoms with E-state index in [1.807, 2.05) is 43.3 Å². The van der Waals surface area contributed by atoms with Gasteiger partial charge in [0.1, 0.15) is 11.7 Å². The van der Waals surface area contributed by atoms with Crippen molar-refractivity contribution in [1.82, 2.24) is 15.1 Å². The van der Waals surface area contributed by atoms with Crippen molar-refractivity contribution in [3.63, 3.8) is 0 Å². The number of pyridine rings is 1. The van der Waals surface area contributed by atoms with E-state index in [9.17, 15) is 14.8 Å². The van der Waals surface area contributed by atoms with Gasteiger partial charge in [0.05, 0.1) is 5.56 Å². The topological polar surface area (TPSA) is 103 Å². The van der Waals surface area contributed by atoms with Crippen molar-refractivity contribution in [2.24, 2.45) is 7.05 Å². The molecular formula is C30H31N5O3. The summed E-state index contributed by atoms with van der Waals surface area (Å²) in [6, 6.07) is 18.2. The molecule has 1 aliphatic carbocycles. The number of fused-ring (bicyclic) bond motifs is 1. The number of nitrogens with one attached hydrogen (secondary N) is 2. The number of carbonyl (C=O) groups is 2. The Balaban J connectivity index is 1.42. The molecule has 2 aromatic carbocycles. The Hall–Kier alpha value is -4.46. The van der Waals surface area contributed by atoms with E-state index < -0.39 is 6.04 Å². The zero-order valence-corrected chi connectivity index (χ0v) is 21.8. The first-order chi connectivity index (χ1) is 18.3. The molecule has 1 aliphatic rings. The smallest absolute Gasteiger partial charge is 0.270 e. The van der Waals surface area contributed by atoms with Gasteiger partial charge in [-0.3, -0.25) is 14.3 Å². The molecule has 0 fully saturated rings. The molecule has 2 heterocycles. The Morgan fingerprint density at radius 3 is 2.58 bits per heavy atom. The lowest BCUT2D eigenvalue weighted by Gasteiger charge is -2.32. The van der Waals surface area contributed by atoms with Crippen molar-refractivity contribution in [2.75, 3.05) is 5.32 Å². The van der Waals surface area contributed by atoms with E-state index in [2.05, 4.69) is 27.9 Å². The molecule has 0 bridgehead atoms. The first-order valence-corrected chi connectivity index (χ1v) is 12.8. The summed E-state index contributed by atoms with van der Waals surface area (Å²) in [5, 5.41) is 22.2. The maximum absolute atomic E-state index is 13.7. The van der Waals surface area contributed by atoms with Crippen molar-refractivity contribution in [3.05, 3.63) is 106 Å². The lowest BCUT2D eigenvalue weighted by atomic mass is 9.78. The van der Waals surface area contributed by atoms with E-state index in [1.54, 1.807) is 32.3 Å². The standard InChI is InChI=1S/C30H31N5O3/c1-19-16-18-35(38)20(2)27(19)22-11-13-23(14-12-22)32-30(37)28(33-29(36)26-15-17-31-34(26)3)25-10-6-8-21-7-4-5-9-24(21)25/h4-5,7,9,11-18,25,28H,6,8,10H2,1-3H3,(H,32,37)(H,33,36)/t25-,28?/m0/s1. The number of aryl methyl sites for hydroxylation is 3. The molecule has 4 aromatic rings. The molecule has 2 amide bonds. The largest absolute Gasteiger partial charge is 0.618 e. The molecule has 0 saturated heterocycles. The summed E-state index contributed by atoms with van der Waals surface area (Å²) < 4.78 is 2.35. The van der Waals surface area contributed by atoms with Gasteiger partial charge in [-0.2, -0.15) is 9.83 Å². The summed E-state index contributed by atoms with van der Waals surface area (Å²) in [6.45, 7) is 3.76. The molecule has 8 nitrogen and oxygen atoms in total. The predicted octanol–water partition coefficient (Wildman–Crippen LogP) is 4.19. The fraction of sp³-hybridized carbons (Fsp3) is 0.267. The fourth-order valence-corrected chi connectivity index (χ4v) is 5.45. The van der Waals surface area contributed by atoms with E-state index in [0.29, 0.717) is 17.1 Å². The third-order valence-electron chi connectivity index (χ3n) is 7.43. The summed E-state index contributed by atoms with van der Waals surface area (Å²) in [6.07, 6.45) is 5.76. The average molecular weight is 510 g/mol. The molecule has 194 valence electrons. The van der Waals surface area contributed by atoms with Crippen LogP contribution in [-0.2, 0) is 18.3 Å². The highest BCUT2D eigenvalue weighted by Crippen LogP contribution is 2.35. The van der Waals surface area contributed by atoms with Crippen LogP contribution in [0.25, 0.3) is 11.1 Å².